The molecule has 0 saturated heterocycles. The highest BCUT2D eigenvalue weighted by atomic mass is 14.9. The second-order valence-electron chi connectivity index (χ2n) is 5.11. The number of rotatable bonds is 2. The first-order valence-electron chi connectivity index (χ1n) is 7.20. The van der Waals surface area contributed by atoms with Crippen molar-refractivity contribution in [1.82, 2.24) is 19.9 Å². The topological polar surface area (TPSA) is 77.6 Å². The molecule has 0 bridgehead atoms. The van der Waals surface area contributed by atoms with E-state index in [4.69, 9.17) is 5.73 Å². The molecule has 0 amide bonds. The lowest BCUT2D eigenvalue weighted by Crippen LogP contribution is -1.94. The SMILES string of the molecule is Nc1ncnc2ccc(-c3cccnc3-c3ccccn3)cc12. The van der Waals surface area contributed by atoms with Crippen molar-refractivity contribution in [2.45, 2.75) is 0 Å². The third kappa shape index (κ3) is 2.38. The molecule has 23 heavy (non-hydrogen) atoms. The van der Waals surface area contributed by atoms with E-state index in [9.17, 15) is 0 Å². The van der Waals surface area contributed by atoms with Gasteiger partial charge in [-0.2, -0.15) is 0 Å². The summed E-state index contributed by atoms with van der Waals surface area (Å²) >= 11 is 0. The predicted octanol–water partition coefficient (Wildman–Crippen LogP) is 3.34. The van der Waals surface area contributed by atoms with Gasteiger partial charge in [0.15, 0.2) is 0 Å². The van der Waals surface area contributed by atoms with Crippen molar-refractivity contribution in [2.24, 2.45) is 0 Å². The Labute approximate surface area is 132 Å². The maximum Gasteiger partial charge on any atom is 0.134 e. The summed E-state index contributed by atoms with van der Waals surface area (Å²) in [7, 11) is 0. The smallest absolute Gasteiger partial charge is 0.134 e. The minimum Gasteiger partial charge on any atom is -0.383 e. The van der Waals surface area contributed by atoms with Crippen LogP contribution in [0.15, 0.2) is 67.3 Å². The van der Waals surface area contributed by atoms with Crippen molar-refractivity contribution in [3.63, 3.8) is 0 Å². The zero-order valence-corrected chi connectivity index (χ0v) is 12.2. The number of anilines is 1. The molecular formula is C18H13N5. The zero-order valence-electron chi connectivity index (χ0n) is 12.2. The number of hydrogen-bond acceptors (Lipinski definition) is 5. The van der Waals surface area contributed by atoms with E-state index in [0.717, 1.165) is 33.4 Å². The van der Waals surface area contributed by atoms with Crippen LogP contribution in [0.2, 0.25) is 0 Å². The number of fused-ring (bicyclic) bond motifs is 1. The summed E-state index contributed by atoms with van der Waals surface area (Å²) in [6.45, 7) is 0. The van der Waals surface area contributed by atoms with Crippen molar-refractivity contribution < 1.29 is 0 Å². The van der Waals surface area contributed by atoms with Crippen molar-refractivity contribution in [3.8, 4) is 22.5 Å². The van der Waals surface area contributed by atoms with Crippen LogP contribution in [0.4, 0.5) is 5.82 Å². The minimum absolute atomic E-state index is 0.472. The van der Waals surface area contributed by atoms with Crippen LogP contribution in [0.25, 0.3) is 33.4 Å². The fourth-order valence-electron chi connectivity index (χ4n) is 2.59. The first-order valence-corrected chi connectivity index (χ1v) is 7.20. The Morgan fingerprint density at radius 3 is 2.57 bits per heavy atom. The zero-order chi connectivity index (χ0) is 15.6. The number of nitrogen functional groups attached to an aromatic ring is 1. The molecule has 2 N–H and O–H groups in total. The fraction of sp³-hybridized carbons (Fsp3) is 0. The van der Waals surface area contributed by atoms with Crippen LogP contribution in [-0.2, 0) is 0 Å². The lowest BCUT2D eigenvalue weighted by molar-refractivity contribution is 1.23. The van der Waals surface area contributed by atoms with Gasteiger partial charge in [-0.3, -0.25) is 9.97 Å². The van der Waals surface area contributed by atoms with Gasteiger partial charge in [-0.05, 0) is 35.9 Å². The first-order chi connectivity index (χ1) is 11.3. The molecule has 5 nitrogen and oxygen atoms in total. The summed E-state index contributed by atoms with van der Waals surface area (Å²) in [5.74, 6) is 0.472. The Kier molecular flexibility index (Phi) is 3.16. The third-order valence-corrected chi connectivity index (χ3v) is 3.69. The highest BCUT2D eigenvalue weighted by Gasteiger charge is 2.11. The lowest BCUT2D eigenvalue weighted by Gasteiger charge is -2.09. The van der Waals surface area contributed by atoms with Crippen LogP contribution in [0.1, 0.15) is 0 Å². The number of benzene rings is 1. The van der Waals surface area contributed by atoms with Gasteiger partial charge in [-0.25, -0.2) is 9.97 Å². The minimum atomic E-state index is 0.472. The normalized spacial score (nSPS) is 10.8. The van der Waals surface area contributed by atoms with Gasteiger partial charge in [-0.15, -0.1) is 0 Å². The molecule has 0 radical (unpaired) electrons. The molecular weight excluding hydrogens is 286 g/mol. The van der Waals surface area contributed by atoms with Gasteiger partial charge >= 0.3 is 0 Å². The molecule has 110 valence electrons. The maximum atomic E-state index is 5.97. The van der Waals surface area contributed by atoms with E-state index in [1.54, 1.807) is 12.4 Å². The van der Waals surface area contributed by atoms with Gasteiger partial charge in [0.25, 0.3) is 0 Å². The summed E-state index contributed by atoms with van der Waals surface area (Å²) in [5.41, 5.74) is 10.5. The molecule has 5 heteroatoms. The molecule has 0 atom stereocenters. The summed E-state index contributed by atoms with van der Waals surface area (Å²) in [6.07, 6.45) is 5.01. The van der Waals surface area contributed by atoms with Gasteiger partial charge in [0.1, 0.15) is 12.1 Å². The quantitative estimate of drug-likeness (QED) is 0.614. The van der Waals surface area contributed by atoms with E-state index < -0.39 is 0 Å². The second-order valence-corrected chi connectivity index (χ2v) is 5.11. The van der Waals surface area contributed by atoms with Crippen LogP contribution in [0, 0.1) is 0 Å². The second kappa shape index (κ2) is 5.46. The fourth-order valence-corrected chi connectivity index (χ4v) is 2.59. The summed E-state index contributed by atoms with van der Waals surface area (Å²) in [5, 5.41) is 0.834. The maximum absolute atomic E-state index is 5.97. The Balaban J connectivity index is 1.94. The number of aromatic nitrogens is 4. The molecule has 0 aliphatic heterocycles. The summed E-state index contributed by atoms with van der Waals surface area (Å²) in [6, 6.07) is 15.7. The Bertz CT molecular complexity index is 983. The molecule has 0 aliphatic carbocycles. The van der Waals surface area contributed by atoms with Crippen molar-refractivity contribution in [2.75, 3.05) is 5.73 Å². The van der Waals surface area contributed by atoms with E-state index in [0.29, 0.717) is 5.82 Å². The summed E-state index contributed by atoms with van der Waals surface area (Å²) < 4.78 is 0. The Morgan fingerprint density at radius 1 is 0.783 bits per heavy atom. The number of nitrogens with zero attached hydrogens (tertiary/aromatic N) is 4. The molecule has 3 heterocycles. The highest BCUT2D eigenvalue weighted by Crippen LogP contribution is 2.31. The molecule has 0 saturated carbocycles. The van der Waals surface area contributed by atoms with Gasteiger partial charge < -0.3 is 5.73 Å². The van der Waals surface area contributed by atoms with Crippen molar-refractivity contribution in [1.29, 1.82) is 0 Å². The van der Waals surface area contributed by atoms with Gasteiger partial charge in [0, 0.05) is 23.3 Å². The van der Waals surface area contributed by atoms with Gasteiger partial charge in [0.2, 0.25) is 0 Å². The highest BCUT2D eigenvalue weighted by molar-refractivity contribution is 5.93. The third-order valence-electron chi connectivity index (χ3n) is 3.69. The average Bonchev–Trinajstić information content (AvgIpc) is 2.63. The largest absolute Gasteiger partial charge is 0.383 e. The molecule has 4 aromatic rings. The number of pyridine rings is 2. The Morgan fingerprint density at radius 2 is 1.70 bits per heavy atom. The van der Waals surface area contributed by atoms with Crippen LogP contribution in [0.3, 0.4) is 0 Å². The van der Waals surface area contributed by atoms with E-state index in [1.807, 2.05) is 48.5 Å². The van der Waals surface area contributed by atoms with E-state index >= 15 is 0 Å². The molecule has 3 aromatic heterocycles. The van der Waals surface area contributed by atoms with Crippen molar-refractivity contribution >= 4 is 16.7 Å². The lowest BCUT2D eigenvalue weighted by atomic mass is 10.0. The molecule has 0 spiro atoms. The average molecular weight is 299 g/mol. The number of hydrogen-bond donors (Lipinski definition) is 1. The van der Waals surface area contributed by atoms with Gasteiger partial charge in [0.05, 0.1) is 16.9 Å². The van der Waals surface area contributed by atoms with E-state index in [2.05, 4.69) is 19.9 Å². The summed E-state index contributed by atoms with van der Waals surface area (Å²) in [4.78, 5) is 17.2. The standard InChI is InChI=1S/C18H13N5/c19-18-14-10-12(6-7-15(14)22-11-23-18)13-4-3-9-21-17(13)16-5-1-2-8-20-16/h1-11H,(H2,19,22,23). The molecule has 0 unspecified atom stereocenters. The van der Waals surface area contributed by atoms with Crippen LogP contribution in [-0.4, -0.2) is 19.9 Å². The van der Waals surface area contributed by atoms with Crippen LogP contribution < -0.4 is 5.73 Å². The number of nitrogens with two attached hydrogens (primary N) is 1. The monoisotopic (exact) mass is 299 g/mol. The molecule has 4 rings (SSSR count). The van der Waals surface area contributed by atoms with Crippen molar-refractivity contribution in [3.05, 3.63) is 67.3 Å². The molecule has 0 aliphatic rings. The molecule has 1 aromatic carbocycles. The molecule has 0 fully saturated rings. The first kappa shape index (κ1) is 13.3. The van der Waals surface area contributed by atoms with E-state index in [-0.39, 0.29) is 0 Å². The van der Waals surface area contributed by atoms with Crippen LogP contribution >= 0.6 is 0 Å². The van der Waals surface area contributed by atoms with E-state index in [1.165, 1.54) is 6.33 Å². The van der Waals surface area contributed by atoms with Crippen LogP contribution in [0.5, 0.6) is 0 Å². The Hall–Kier alpha value is -3.34. The van der Waals surface area contributed by atoms with Gasteiger partial charge in [-0.1, -0.05) is 18.2 Å². The predicted molar refractivity (Wildman–Crippen MR) is 90.4 cm³/mol.